The van der Waals surface area contributed by atoms with Crippen molar-refractivity contribution in [2.75, 3.05) is 0 Å². The van der Waals surface area contributed by atoms with Gasteiger partial charge in [0.1, 0.15) is 22.5 Å². The van der Waals surface area contributed by atoms with E-state index in [9.17, 15) is 0 Å². The largest absolute Gasteiger partial charge is 0.456 e. The van der Waals surface area contributed by atoms with E-state index in [4.69, 9.17) is 8.83 Å². The van der Waals surface area contributed by atoms with E-state index in [0.717, 1.165) is 122 Å². The first-order chi connectivity index (χ1) is 31.0. The summed E-state index contributed by atoms with van der Waals surface area (Å²) in [4.78, 5) is 8.63. The minimum atomic E-state index is 0.823. The molecule has 7 aromatic carbocycles. The second-order valence-electron chi connectivity index (χ2n) is 16.0. The molecule has 4 heterocycles. The monoisotopic (exact) mass is 808 g/mol. The topological polar surface area (TPSA) is 52.1 Å². The number of hydrogen-bond donors (Lipinski definition) is 0. The minimum Gasteiger partial charge on any atom is -0.456 e. The Morgan fingerprint density at radius 2 is 0.873 bits per heavy atom. The molecule has 63 heavy (non-hydrogen) atoms. The molecule has 11 aromatic rings. The Morgan fingerprint density at radius 1 is 0.413 bits per heavy atom. The lowest BCUT2D eigenvalue weighted by Crippen LogP contribution is -1.85. The van der Waals surface area contributed by atoms with E-state index in [0.29, 0.717) is 0 Å². The van der Waals surface area contributed by atoms with Crippen LogP contribution >= 0.6 is 0 Å². The Labute approximate surface area is 365 Å². The first-order valence-corrected chi connectivity index (χ1v) is 21.1. The van der Waals surface area contributed by atoms with Gasteiger partial charge in [0, 0.05) is 52.1 Å². The zero-order valence-corrected chi connectivity index (χ0v) is 34.6. The van der Waals surface area contributed by atoms with Gasteiger partial charge in [-0.15, -0.1) is 0 Å². The average molecular weight is 809 g/mol. The number of hydrogen-bond acceptors (Lipinski definition) is 4. The van der Waals surface area contributed by atoms with Gasteiger partial charge in [-0.25, -0.2) is 0 Å². The van der Waals surface area contributed by atoms with E-state index < -0.39 is 0 Å². The molecule has 4 aromatic heterocycles. The van der Waals surface area contributed by atoms with Crippen LogP contribution in [0.5, 0.6) is 0 Å². The molecule has 0 aliphatic rings. The first-order valence-electron chi connectivity index (χ1n) is 21.1. The predicted molar refractivity (Wildman–Crippen MR) is 261 cm³/mol. The molecule has 0 saturated carbocycles. The summed E-state index contributed by atoms with van der Waals surface area (Å²) in [5.74, 6) is 0.823. The van der Waals surface area contributed by atoms with Gasteiger partial charge >= 0.3 is 0 Å². The smallest absolute Gasteiger partial charge is 0.138 e. The molecule has 0 bridgehead atoms. The van der Waals surface area contributed by atoms with Crippen LogP contribution in [0.4, 0.5) is 0 Å². The van der Waals surface area contributed by atoms with Crippen molar-refractivity contribution in [2.24, 2.45) is 0 Å². The summed E-state index contributed by atoms with van der Waals surface area (Å²) in [6, 6.07) is 62.2. The molecule has 0 amide bonds. The van der Waals surface area contributed by atoms with Crippen LogP contribution in [0.3, 0.4) is 0 Å². The molecule has 0 atom stereocenters. The molecule has 0 fully saturated rings. The highest BCUT2D eigenvalue weighted by atomic mass is 16.3. The van der Waals surface area contributed by atoms with Gasteiger partial charge in [-0.05, 0) is 152 Å². The predicted octanol–water partition coefficient (Wildman–Crippen LogP) is 16.2. The second-order valence-corrected chi connectivity index (χ2v) is 16.0. The fraction of sp³-hybridized carbons (Fsp3) is 0.0169. The third-order valence-electron chi connectivity index (χ3n) is 12.0. The molecule has 298 valence electrons. The molecule has 0 saturated heterocycles. The molecule has 4 nitrogen and oxygen atoms in total. The van der Waals surface area contributed by atoms with E-state index >= 15 is 0 Å². The molecule has 0 unspecified atom stereocenters. The van der Waals surface area contributed by atoms with E-state index in [-0.39, 0.29) is 0 Å². The van der Waals surface area contributed by atoms with Gasteiger partial charge in [0.2, 0.25) is 0 Å². The highest BCUT2D eigenvalue weighted by Gasteiger charge is 2.13. The Morgan fingerprint density at radius 3 is 1.44 bits per heavy atom. The van der Waals surface area contributed by atoms with Gasteiger partial charge < -0.3 is 8.83 Å². The third kappa shape index (κ3) is 7.34. The summed E-state index contributed by atoms with van der Waals surface area (Å²) in [5.41, 5.74) is 19.4. The number of nitrogens with zero attached hydrogens (tertiary/aromatic N) is 2. The van der Waals surface area contributed by atoms with Crippen LogP contribution in [0.2, 0.25) is 0 Å². The van der Waals surface area contributed by atoms with Crippen molar-refractivity contribution in [1.82, 2.24) is 9.97 Å². The fourth-order valence-electron chi connectivity index (χ4n) is 8.60. The summed E-state index contributed by atoms with van der Waals surface area (Å²) >= 11 is 0. The van der Waals surface area contributed by atoms with Crippen molar-refractivity contribution in [3.05, 3.63) is 230 Å². The van der Waals surface area contributed by atoms with Crippen LogP contribution in [0.15, 0.2) is 222 Å². The number of allylic oxidation sites excluding steroid dienone is 2. The lowest BCUT2D eigenvalue weighted by Gasteiger charge is -2.10. The fourth-order valence-corrected chi connectivity index (χ4v) is 8.60. The Kier molecular flexibility index (Phi) is 9.52. The summed E-state index contributed by atoms with van der Waals surface area (Å²) in [6.07, 6.45) is 11.4. The Balaban J connectivity index is 0.822. The molecular weight excluding hydrogens is 769 g/mol. The lowest BCUT2D eigenvalue weighted by atomic mass is 9.95. The maximum atomic E-state index is 6.41. The zero-order chi connectivity index (χ0) is 42.3. The number of aryl methyl sites for hydroxylation is 1. The maximum absolute atomic E-state index is 6.41. The standard InChI is InChI=1S/C59H40N2O2/c1-38(40-9-3-10-41(29-40)42-11-4-12-43(30-42)46-15-7-18-49(33-46)52-19-8-27-60-36-52)20-23-56-39(2)53-34-50(21-24-57(53)62-56)47-16-5-13-44(31-47)45-14-6-17-48(32-45)51-22-25-58-54(35-51)55-37-61-28-26-59(55)63-58/h3-37H,1H2,2H3/b23-20-. The molecule has 0 radical (unpaired) electrons. The quantitative estimate of drug-likeness (QED) is 0.136. The summed E-state index contributed by atoms with van der Waals surface area (Å²) in [5, 5.41) is 3.19. The molecule has 4 heteroatoms. The van der Waals surface area contributed by atoms with Gasteiger partial charge in [-0.3, -0.25) is 9.97 Å². The summed E-state index contributed by atoms with van der Waals surface area (Å²) < 4.78 is 12.5. The molecule has 11 rings (SSSR count). The second kappa shape index (κ2) is 15.9. The van der Waals surface area contributed by atoms with Gasteiger partial charge in [0.15, 0.2) is 0 Å². The first kappa shape index (κ1) is 37.6. The maximum Gasteiger partial charge on any atom is 0.138 e. The van der Waals surface area contributed by atoms with Gasteiger partial charge in [0.25, 0.3) is 0 Å². The number of fused-ring (bicyclic) bond motifs is 4. The molecular formula is C59H40N2O2. The number of rotatable bonds is 9. The molecule has 0 aliphatic heterocycles. The molecule has 0 aliphatic carbocycles. The van der Waals surface area contributed by atoms with Crippen LogP contribution in [0.1, 0.15) is 16.9 Å². The van der Waals surface area contributed by atoms with Crippen molar-refractivity contribution in [2.45, 2.75) is 6.92 Å². The summed E-state index contributed by atoms with van der Waals surface area (Å²) in [6.45, 7) is 6.58. The van der Waals surface area contributed by atoms with Crippen LogP contribution in [-0.4, -0.2) is 9.97 Å². The summed E-state index contributed by atoms with van der Waals surface area (Å²) in [7, 11) is 0. The van der Waals surface area contributed by atoms with Crippen LogP contribution in [0, 0.1) is 6.92 Å². The van der Waals surface area contributed by atoms with Crippen molar-refractivity contribution in [3.63, 3.8) is 0 Å². The number of aromatic nitrogens is 2. The van der Waals surface area contributed by atoms with Crippen LogP contribution < -0.4 is 0 Å². The van der Waals surface area contributed by atoms with E-state index in [2.05, 4.69) is 193 Å². The molecule has 0 spiro atoms. The van der Waals surface area contributed by atoms with E-state index in [1.54, 1.807) is 12.4 Å². The van der Waals surface area contributed by atoms with Gasteiger partial charge in [-0.2, -0.15) is 0 Å². The van der Waals surface area contributed by atoms with Gasteiger partial charge in [-0.1, -0.05) is 122 Å². The number of benzene rings is 7. The average Bonchev–Trinajstić information content (AvgIpc) is 3.89. The van der Waals surface area contributed by atoms with E-state index in [1.807, 2.05) is 30.6 Å². The van der Waals surface area contributed by atoms with Crippen molar-refractivity contribution < 1.29 is 8.83 Å². The minimum absolute atomic E-state index is 0.823. The van der Waals surface area contributed by atoms with Crippen molar-refractivity contribution in [3.8, 4) is 66.8 Å². The van der Waals surface area contributed by atoms with Crippen molar-refractivity contribution >= 4 is 44.6 Å². The zero-order valence-electron chi connectivity index (χ0n) is 34.6. The third-order valence-corrected chi connectivity index (χ3v) is 12.0. The van der Waals surface area contributed by atoms with Gasteiger partial charge in [0.05, 0.1) is 0 Å². The Hall–Kier alpha value is -8.34. The highest BCUT2D eigenvalue weighted by Crippen LogP contribution is 2.37. The van der Waals surface area contributed by atoms with E-state index in [1.165, 1.54) is 0 Å². The highest BCUT2D eigenvalue weighted by molar-refractivity contribution is 6.06. The number of furan rings is 2. The van der Waals surface area contributed by atoms with Crippen molar-refractivity contribution in [1.29, 1.82) is 0 Å². The van der Waals surface area contributed by atoms with Crippen LogP contribution in [0.25, 0.3) is 111 Å². The molecule has 0 N–H and O–H groups in total. The Bertz CT molecular complexity index is 3550. The number of pyridine rings is 2. The normalized spacial score (nSPS) is 11.6. The lowest BCUT2D eigenvalue weighted by molar-refractivity contribution is 0.601. The van der Waals surface area contributed by atoms with Crippen LogP contribution in [-0.2, 0) is 0 Å². The SMILES string of the molecule is C=C(/C=C\c1oc2ccc(-c3cccc(-c4cccc(-c5ccc6oc7ccncc7c6c5)c4)c3)cc2c1C)c1cccc(-c2cccc(-c3cccc(-c4cccnc4)c3)c2)c1.